The minimum atomic E-state index is -0.468. The fraction of sp³-hybridized carbons (Fsp3) is 0.421. The van der Waals surface area contributed by atoms with Crippen LogP contribution in [-0.2, 0) is 28.9 Å². The fourth-order valence-electron chi connectivity index (χ4n) is 3.15. The number of aromatic amines is 1. The summed E-state index contributed by atoms with van der Waals surface area (Å²) in [6.07, 6.45) is 0.863. The smallest absolute Gasteiger partial charge is 0.359 e. The summed E-state index contributed by atoms with van der Waals surface area (Å²) in [6.45, 7) is 2.94. The van der Waals surface area contributed by atoms with Crippen molar-refractivity contribution in [1.29, 1.82) is 0 Å². The van der Waals surface area contributed by atoms with Crippen LogP contribution in [0.2, 0.25) is 0 Å². The second-order valence-corrected chi connectivity index (χ2v) is 6.18. The standard InChI is InChI=1S/C19H23N3O5/c1-4-27-19(24)18-13-11-22(8-7-14(13)20-21-18)17(23)10-12-5-6-15(25-2)16(9-12)26-3/h5-6,9H,4,7-8,10-11H2,1-3H3,(H,20,21). The summed E-state index contributed by atoms with van der Waals surface area (Å²) in [7, 11) is 3.13. The molecule has 2 heterocycles. The van der Waals surface area contributed by atoms with E-state index in [1.165, 1.54) is 0 Å². The van der Waals surface area contributed by atoms with E-state index < -0.39 is 5.97 Å². The van der Waals surface area contributed by atoms with Crippen LogP contribution in [-0.4, -0.2) is 54.3 Å². The molecule has 0 saturated carbocycles. The van der Waals surface area contributed by atoms with E-state index in [1.54, 1.807) is 38.2 Å². The predicted molar refractivity (Wildman–Crippen MR) is 96.9 cm³/mol. The summed E-state index contributed by atoms with van der Waals surface area (Å²) in [5.41, 5.74) is 2.71. The highest BCUT2D eigenvalue weighted by molar-refractivity contribution is 5.89. The third kappa shape index (κ3) is 3.89. The Hall–Kier alpha value is -3.03. The molecule has 0 aliphatic carbocycles. The number of hydrogen-bond acceptors (Lipinski definition) is 6. The van der Waals surface area contributed by atoms with Gasteiger partial charge in [-0.2, -0.15) is 5.10 Å². The first kappa shape index (κ1) is 18.8. The van der Waals surface area contributed by atoms with E-state index in [4.69, 9.17) is 14.2 Å². The molecule has 0 bridgehead atoms. The maximum atomic E-state index is 12.8. The van der Waals surface area contributed by atoms with Crippen LogP contribution in [0.25, 0.3) is 0 Å². The monoisotopic (exact) mass is 373 g/mol. The number of amides is 1. The molecule has 0 radical (unpaired) electrons. The molecule has 0 fully saturated rings. The Bertz CT molecular complexity index is 846. The Morgan fingerprint density at radius 1 is 1.22 bits per heavy atom. The predicted octanol–water partition coefficient (Wildman–Crippen LogP) is 1.73. The highest BCUT2D eigenvalue weighted by atomic mass is 16.5. The van der Waals surface area contributed by atoms with Crippen LogP contribution >= 0.6 is 0 Å². The summed E-state index contributed by atoms with van der Waals surface area (Å²) in [5, 5.41) is 6.95. The summed E-state index contributed by atoms with van der Waals surface area (Å²) in [5.74, 6) is 0.713. The van der Waals surface area contributed by atoms with Crippen molar-refractivity contribution in [3.8, 4) is 11.5 Å². The molecule has 0 spiro atoms. The number of nitrogens with zero attached hydrogens (tertiary/aromatic N) is 2. The minimum Gasteiger partial charge on any atom is -0.493 e. The largest absolute Gasteiger partial charge is 0.493 e. The molecule has 8 heteroatoms. The zero-order valence-electron chi connectivity index (χ0n) is 15.7. The lowest BCUT2D eigenvalue weighted by Gasteiger charge is -2.27. The van der Waals surface area contributed by atoms with Crippen LogP contribution in [0.15, 0.2) is 18.2 Å². The molecule has 0 unspecified atom stereocenters. The molecule has 27 heavy (non-hydrogen) atoms. The molecule has 0 saturated heterocycles. The lowest BCUT2D eigenvalue weighted by atomic mass is 10.0. The van der Waals surface area contributed by atoms with Gasteiger partial charge in [-0.25, -0.2) is 4.79 Å². The number of fused-ring (bicyclic) bond motifs is 1. The van der Waals surface area contributed by atoms with Gasteiger partial charge < -0.3 is 19.1 Å². The van der Waals surface area contributed by atoms with Crippen molar-refractivity contribution in [2.75, 3.05) is 27.4 Å². The van der Waals surface area contributed by atoms with E-state index in [9.17, 15) is 9.59 Å². The number of ether oxygens (including phenoxy) is 3. The molecule has 1 amide bonds. The maximum Gasteiger partial charge on any atom is 0.359 e. The van der Waals surface area contributed by atoms with Crippen LogP contribution < -0.4 is 9.47 Å². The second kappa shape index (κ2) is 8.11. The van der Waals surface area contributed by atoms with Crippen LogP contribution in [0, 0.1) is 0 Å². The number of carbonyl (C=O) groups excluding carboxylic acids is 2. The summed E-state index contributed by atoms with van der Waals surface area (Å²) in [4.78, 5) is 26.5. The molecule has 1 aliphatic heterocycles. The van der Waals surface area contributed by atoms with Gasteiger partial charge in [-0.05, 0) is 24.6 Å². The number of methoxy groups -OCH3 is 2. The first-order valence-electron chi connectivity index (χ1n) is 8.79. The zero-order valence-corrected chi connectivity index (χ0v) is 15.7. The molecule has 1 aromatic heterocycles. The third-order valence-corrected chi connectivity index (χ3v) is 4.56. The van der Waals surface area contributed by atoms with Gasteiger partial charge in [-0.15, -0.1) is 0 Å². The van der Waals surface area contributed by atoms with Gasteiger partial charge in [0.25, 0.3) is 0 Å². The Morgan fingerprint density at radius 3 is 2.70 bits per heavy atom. The van der Waals surface area contributed by atoms with Crippen molar-refractivity contribution in [3.63, 3.8) is 0 Å². The maximum absolute atomic E-state index is 12.8. The average Bonchev–Trinajstić information content (AvgIpc) is 3.11. The van der Waals surface area contributed by atoms with Crippen molar-refractivity contribution in [2.45, 2.75) is 26.3 Å². The molecule has 1 N–H and O–H groups in total. The van der Waals surface area contributed by atoms with E-state index in [0.29, 0.717) is 31.0 Å². The number of rotatable bonds is 6. The molecule has 2 aromatic rings. The lowest BCUT2D eigenvalue weighted by molar-refractivity contribution is -0.131. The molecule has 1 aliphatic rings. The first-order valence-corrected chi connectivity index (χ1v) is 8.79. The summed E-state index contributed by atoms with van der Waals surface area (Å²) >= 11 is 0. The highest BCUT2D eigenvalue weighted by Crippen LogP contribution is 2.28. The van der Waals surface area contributed by atoms with Gasteiger partial charge in [-0.3, -0.25) is 9.89 Å². The molecule has 8 nitrogen and oxygen atoms in total. The Labute approximate surface area is 157 Å². The van der Waals surface area contributed by atoms with Gasteiger partial charge in [0, 0.05) is 30.8 Å². The van der Waals surface area contributed by atoms with Gasteiger partial charge in [0.1, 0.15) is 0 Å². The van der Waals surface area contributed by atoms with Gasteiger partial charge in [0.05, 0.1) is 27.2 Å². The normalized spacial score (nSPS) is 13.1. The number of hydrogen-bond donors (Lipinski definition) is 1. The Balaban J connectivity index is 1.72. The number of carbonyl (C=O) groups is 2. The summed E-state index contributed by atoms with van der Waals surface area (Å²) in [6, 6.07) is 5.43. The number of aromatic nitrogens is 2. The number of nitrogens with one attached hydrogen (secondary N) is 1. The molecule has 144 valence electrons. The van der Waals surface area contributed by atoms with Gasteiger partial charge >= 0.3 is 5.97 Å². The quantitative estimate of drug-likeness (QED) is 0.775. The van der Waals surface area contributed by atoms with Crippen LogP contribution in [0.1, 0.15) is 34.2 Å². The minimum absolute atomic E-state index is 0.0242. The van der Waals surface area contributed by atoms with Crippen LogP contribution in [0.4, 0.5) is 0 Å². The average molecular weight is 373 g/mol. The number of H-pyrrole nitrogens is 1. The molecular weight excluding hydrogens is 350 g/mol. The van der Waals surface area contributed by atoms with E-state index >= 15 is 0 Å². The zero-order chi connectivity index (χ0) is 19.4. The van der Waals surface area contributed by atoms with Crippen molar-refractivity contribution in [2.24, 2.45) is 0 Å². The Kier molecular flexibility index (Phi) is 5.63. The van der Waals surface area contributed by atoms with Crippen LogP contribution in [0.5, 0.6) is 11.5 Å². The van der Waals surface area contributed by atoms with E-state index in [0.717, 1.165) is 16.8 Å². The number of benzene rings is 1. The van der Waals surface area contributed by atoms with Crippen molar-refractivity contribution in [1.82, 2.24) is 15.1 Å². The number of esters is 1. The van der Waals surface area contributed by atoms with Gasteiger partial charge in [0.15, 0.2) is 17.2 Å². The second-order valence-electron chi connectivity index (χ2n) is 6.18. The summed E-state index contributed by atoms with van der Waals surface area (Å²) < 4.78 is 15.6. The molecule has 1 aromatic carbocycles. The molecular formula is C19H23N3O5. The molecule has 3 rings (SSSR count). The lowest BCUT2D eigenvalue weighted by Crippen LogP contribution is -2.37. The van der Waals surface area contributed by atoms with E-state index in [2.05, 4.69) is 10.2 Å². The topological polar surface area (TPSA) is 93.8 Å². The third-order valence-electron chi connectivity index (χ3n) is 4.56. The SMILES string of the molecule is CCOC(=O)c1n[nH]c2c1CN(C(=O)Cc1ccc(OC)c(OC)c1)CC2. The van der Waals surface area contributed by atoms with E-state index in [1.807, 2.05) is 6.07 Å². The fourth-order valence-corrected chi connectivity index (χ4v) is 3.15. The molecule has 0 atom stereocenters. The van der Waals surface area contributed by atoms with Crippen molar-refractivity contribution < 1.29 is 23.8 Å². The van der Waals surface area contributed by atoms with Crippen LogP contribution in [0.3, 0.4) is 0 Å². The Morgan fingerprint density at radius 2 is 2.00 bits per heavy atom. The van der Waals surface area contributed by atoms with E-state index in [-0.39, 0.29) is 24.6 Å². The first-order chi connectivity index (χ1) is 13.1. The highest BCUT2D eigenvalue weighted by Gasteiger charge is 2.28. The van der Waals surface area contributed by atoms with Crippen molar-refractivity contribution >= 4 is 11.9 Å². The van der Waals surface area contributed by atoms with Gasteiger partial charge in [-0.1, -0.05) is 6.07 Å². The van der Waals surface area contributed by atoms with Crippen molar-refractivity contribution in [3.05, 3.63) is 40.7 Å². The van der Waals surface area contributed by atoms with Gasteiger partial charge in [0.2, 0.25) is 5.91 Å².